The second kappa shape index (κ2) is 7.25. The van der Waals surface area contributed by atoms with Crippen LogP contribution < -0.4 is 10.2 Å². The van der Waals surface area contributed by atoms with E-state index in [2.05, 4.69) is 51.4 Å². The van der Waals surface area contributed by atoms with Crippen LogP contribution >= 0.6 is 0 Å². The fourth-order valence-electron chi connectivity index (χ4n) is 2.84. The molecule has 0 bridgehead atoms. The van der Waals surface area contributed by atoms with Crippen LogP contribution in [0.5, 0.6) is 0 Å². The van der Waals surface area contributed by atoms with Gasteiger partial charge in [0.25, 0.3) is 0 Å². The molecule has 1 aromatic heterocycles. The molecule has 0 aliphatic carbocycles. The van der Waals surface area contributed by atoms with Crippen molar-refractivity contribution in [1.29, 1.82) is 0 Å². The first kappa shape index (κ1) is 14.8. The Morgan fingerprint density at radius 2 is 1.73 bits per heavy atom. The van der Waals surface area contributed by atoms with E-state index in [1.807, 2.05) is 12.3 Å². The van der Waals surface area contributed by atoms with Gasteiger partial charge in [0.05, 0.1) is 0 Å². The van der Waals surface area contributed by atoms with Crippen molar-refractivity contribution in [3.05, 3.63) is 42.1 Å². The van der Waals surface area contributed by atoms with Crippen LogP contribution in [0.2, 0.25) is 0 Å². The molecule has 3 rings (SSSR count). The molecule has 1 aliphatic rings. The molecule has 4 heteroatoms. The number of aryl methyl sites for hydroxylation is 1. The summed E-state index contributed by atoms with van der Waals surface area (Å²) in [6, 6.07) is 10.5. The van der Waals surface area contributed by atoms with E-state index in [4.69, 9.17) is 0 Å². The first-order valence-corrected chi connectivity index (χ1v) is 8.29. The lowest BCUT2D eigenvalue weighted by molar-refractivity contribution is 0.726. The van der Waals surface area contributed by atoms with Gasteiger partial charge in [-0.1, -0.05) is 31.9 Å². The molecule has 1 saturated heterocycles. The van der Waals surface area contributed by atoms with Crippen molar-refractivity contribution in [2.24, 2.45) is 0 Å². The molecule has 22 heavy (non-hydrogen) atoms. The Balaban J connectivity index is 1.72. The summed E-state index contributed by atoms with van der Waals surface area (Å²) in [5.41, 5.74) is 2.37. The van der Waals surface area contributed by atoms with Crippen LogP contribution in [0.4, 0.5) is 17.5 Å². The Hall–Kier alpha value is -2.10. The maximum absolute atomic E-state index is 4.68. The smallest absolute Gasteiger partial charge is 0.229 e. The normalized spacial score (nSPS) is 15.4. The zero-order valence-corrected chi connectivity index (χ0v) is 13.3. The molecule has 1 aromatic carbocycles. The van der Waals surface area contributed by atoms with Crippen molar-refractivity contribution >= 4 is 17.5 Å². The number of nitrogens with one attached hydrogen (secondary N) is 1. The highest BCUT2D eigenvalue weighted by atomic mass is 15.2. The summed E-state index contributed by atoms with van der Waals surface area (Å²) in [5.74, 6) is 1.70. The maximum atomic E-state index is 4.68. The molecule has 1 fully saturated rings. The van der Waals surface area contributed by atoms with E-state index in [0.29, 0.717) is 5.95 Å². The lowest BCUT2D eigenvalue weighted by Crippen LogP contribution is -2.25. The molecule has 0 unspecified atom stereocenters. The molecule has 1 aliphatic heterocycles. The molecular weight excluding hydrogens is 272 g/mol. The fourth-order valence-corrected chi connectivity index (χ4v) is 2.84. The van der Waals surface area contributed by atoms with Crippen LogP contribution in [0.15, 0.2) is 36.5 Å². The van der Waals surface area contributed by atoms with E-state index in [1.165, 1.54) is 31.2 Å². The van der Waals surface area contributed by atoms with Gasteiger partial charge >= 0.3 is 0 Å². The molecule has 2 heterocycles. The van der Waals surface area contributed by atoms with E-state index >= 15 is 0 Å². The van der Waals surface area contributed by atoms with E-state index in [9.17, 15) is 0 Å². The highest BCUT2D eigenvalue weighted by Crippen LogP contribution is 2.20. The number of hydrogen-bond donors (Lipinski definition) is 1. The minimum Gasteiger partial charge on any atom is -0.356 e. The van der Waals surface area contributed by atoms with Gasteiger partial charge in [-0.15, -0.1) is 0 Å². The largest absolute Gasteiger partial charge is 0.356 e. The summed E-state index contributed by atoms with van der Waals surface area (Å²) in [7, 11) is 0. The molecule has 0 radical (unpaired) electrons. The highest BCUT2D eigenvalue weighted by Gasteiger charge is 2.11. The van der Waals surface area contributed by atoms with Crippen molar-refractivity contribution in [3.63, 3.8) is 0 Å². The molecule has 1 N–H and O–H groups in total. The lowest BCUT2D eigenvalue weighted by atomic mass is 10.1. The average Bonchev–Trinajstić information content (AvgIpc) is 2.85. The monoisotopic (exact) mass is 296 g/mol. The van der Waals surface area contributed by atoms with Gasteiger partial charge in [0.15, 0.2) is 0 Å². The summed E-state index contributed by atoms with van der Waals surface area (Å²) in [6.07, 6.45) is 8.07. The zero-order valence-electron chi connectivity index (χ0n) is 13.3. The van der Waals surface area contributed by atoms with E-state index in [1.54, 1.807) is 0 Å². The molecule has 116 valence electrons. The summed E-state index contributed by atoms with van der Waals surface area (Å²) < 4.78 is 0. The Labute approximate surface area is 132 Å². The predicted octanol–water partition coefficient (Wildman–Crippen LogP) is 4.16. The molecular formula is C18H24N4. The molecule has 2 aromatic rings. The van der Waals surface area contributed by atoms with Crippen LogP contribution in [0.25, 0.3) is 0 Å². The zero-order chi connectivity index (χ0) is 15.2. The minimum atomic E-state index is 0.672. The third-order valence-electron chi connectivity index (χ3n) is 4.19. The van der Waals surface area contributed by atoms with Crippen molar-refractivity contribution in [1.82, 2.24) is 9.97 Å². The van der Waals surface area contributed by atoms with Gasteiger partial charge in [0.2, 0.25) is 5.95 Å². The number of benzene rings is 1. The van der Waals surface area contributed by atoms with Gasteiger partial charge in [0.1, 0.15) is 5.82 Å². The number of nitrogens with zero attached hydrogens (tertiary/aromatic N) is 3. The lowest BCUT2D eigenvalue weighted by Gasteiger charge is -2.21. The van der Waals surface area contributed by atoms with Crippen LogP contribution in [0, 0.1) is 0 Å². The topological polar surface area (TPSA) is 41.1 Å². The first-order chi connectivity index (χ1) is 10.8. The molecule has 0 atom stereocenters. The van der Waals surface area contributed by atoms with Gasteiger partial charge in [0, 0.05) is 25.0 Å². The van der Waals surface area contributed by atoms with E-state index < -0.39 is 0 Å². The minimum absolute atomic E-state index is 0.672. The Morgan fingerprint density at radius 3 is 2.41 bits per heavy atom. The van der Waals surface area contributed by atoms with Crippen LogP contribution in [0.3, 0.4) is 0 Å². The summed E-state index contributed by atoms with van der Waals surface area (Å²) >= 11 is 0. The van der Waals surface area contributed by atoms with E-state index in [0.717, 1.165) is 31.0 Å². The number of rotatable bonds is 4. The van der Waals surface area contributed by atoms with Gasteiger partial charge in [-0.3, -0.25) is 0 Å². The standard InChI is InChI=1S/C18H24N4/c1-2-15-7-9-16(10-8-15)20-18-19-12-11-17(21-18)22-13-5-3-4-6-14-22/h7-12H,2-6,13-14H2,1H3,(H,19,20,21). The number of anilines is 3. The summed E-state index contributed by atoms with van der Waals surface area (Å²) in [6.45, 7) is 4.36. The van der Waals surface area contributed by atoms with Crippen LogP contribution in [0.1, 0.15) is 38.2 Å². The second-order valence-electron chi connectivity index (χ2n) is 5.82. The fraction of sp³-hybridized carbons (Fsp3) is 0.444. The quantitative estimate of drug-likeness (QED) is 0.919. The van der Waals surface area contributed by atoms with Gasteiger partial charge in [-0.05, 0) is 43.0 Å². The van der Waals surface area contributed by atoms with Crippen LogP contribution in [-0.2, 0) is 6.42 Å². The first-order valence-electron chi connectivity index (χ1n) is 8.29. The van der Waals surface area contributed by atoms with E-state index in [-0.39, 0.29) is 0 Å². The Bertz CT molecular complexity index is 586. The Morgan fingerprint density at radius 1 is 1.00 bits per heavy atom. The average molecular weight is 296 g/mol. The van der Waals surface area contributed by atoms with Crippen molar-refractivity contribution in [2.45, 2.75) is 39.0 Å². The third-order valence-corrected chi connectivity index (χ3v) is 4.19. The molecule has 0 saturated carbocycles. The molecule has 0 spiro atoms. The predicted molar refractivity (Wildman–Crippen MR) is 91.8 cm³/mol. The highest BCUT2D eigenvalue weighted by molar-refractivity contribution is 5.55. The molecule has 0 amide bonds. The van der Waals surface area contributed by atoms with Gasteiger partial charge < -0.3 is 10.2 Å². The molecule has 4 nitrogen and oxygen atoms in total. The SMILES string of the molecule is CCc1ccc(Nc2nccc(N3CCCCCC3)n2)cc1. The summed E-state index contributed by atoms with van der Waals surface area (Å²) in [5, 5.41) is 3.30. The second-order valence-corrected chi connectivity index (χ2v) is 5.82. The van der Waals surface area contributed by atoms with Crippen LogP contribution in [-0.4, -0.2) is 23.1 Å². The maximum Gasteiger partial charge on any atom is 0.229 e. The van der Waals surface area contributed by atoms with Gasteiger partial charge in [-0.25, -0.2) is 4.98 Å². The number of aromatic nitrogens is 2. The Kier molecular flexibility index (Phi) is 4.88. The van der Waals surface area contributed by atoms with Crippen molar-refractivity contribution in [3.8, 4) is 0 Å². The third kappa shape index (κ3) is 3.75. The van der Waals surface area contributed by atoms with Crippen molar-refractivity contribution < 1.29 is 0 Å². The van der Waals surface area contributed by atoms with Gasteiger partial charge in [-0.2, -0.15) is 4.98 Å². The number of hydrogen-bond acceptors (Lipinski definition) is 4. The summed E-state index contributed by atoms with van der Waals surface area (Å²) in [4.78, 5) is 11.4. The van der Waals surface area contributed by atoms with Crippen molar-refractivity contribution in [2.75, 3.05) is 23.3 Å².